The molecule has 0 fully saturated rings. The number of nitrogens with zero attached hydrogens (tertiary/aromatic N) is 2. The second-order valence-electron chi connectivity index (χ2n) is 6.31. The molecule has 0 aromatic carbocycles. The molecule has 1 aromatic rings. The van der Waals surface area contributed by atoms with Crippen LogP contribution in [0.1, 0.15) is 96.3 Å². The Hall–Kier alpha value is -0.770. The van der Waals surface area contributed by atoms with Crippen LogP contribution in [0.4, 0.5) is 0 Å². The Morgan fingerprint density at radius 1 is 0.783 bits per heavy atom. The third-order valence-electron chi connectivity index (χ3n) is 4.11. The predicted molar refractivity (Wildman–Crippen MR) is 100 cm³/mol. The number of hydrogen-bond acceptors (Lipinski definition) is 4. The summed E-state index contributed by atoms with van der Waals surface area (Å²) in [6.45, 7) is 2.28. The molecule has 0 unspecified atom stereocenters. The summed E-state index contributed by atoms with van der Waals surface area (Å²) in [7, 11) is 0. The molecule has 0 aliphatic rings. The molecule has 132 valence electrons. The minimum atomic E-state index is 0.362. The molecule has 0 saturated heterocycles. The second kappa shape index (κ2) is 14.8. The van der Waals surface area contributed by atoms with E-state index in [1.165, 1.54) is 70.6 Å². The van der Waals surface area contributed by atoms with Crippen LogP contribution < -0.4 is 0 Å². The quantitative estimate of drug-likeness (QED) is 0.224. The summed E-state index contributed by atoms with van der Waals surface area (Å²) in [5.74, 6) is 0.702. The molecule has 3 nitrogen and oxygen atoms in total. The van der Waals surface area contributed by atoms with Gasteiger partial charge >= 0.3 is 0 Å². The van der Waals surface area contributed by atoms with Gasteiger partial charge in [0.05, 0.1) is 0 Å². The highest BCUT2D eigenvalue weighted by Gasteiger charge is 2.01. The van der Waals surface area contributed by atoms with E-state index in [0.29, 0.717) is 11.1 Å². The standard InChI is InChI=1S/C19H34N2OS/c1-2-3-4-5-6-7-8-9-10-11-12-13-14-15-16-17-18-20-21-19(23)22-18/h12-13H,2-11,14-17H2,1H3,(H,21,23). The highest BCUT2D eigenvalue weighted by atomic mass is 32.1. The Morgan fingerprint density at radius 2 is 1.35 bits per heavy atom. The molecule has 0 saturated carbocycles. The maximum atomic E-state index is 5.23. The van der Waals surface area contributed by atoms with Gasteiger partial charge in [-0.05, 0) is 32.1 Å². The van der Waals surface area contributed by atoms with Crippen molar-refractivity contribution in [3.63, 3.8) is 0 Å². The van der Waals surface area contributed by atoms with Crippen molar-refractivity contribution in [2.24, 2.45) is 0 Å². The lowest BCUT2D eigenvalue weighted by atomic mass is 10.1. The van der Waals surface area contributed by atoms with Crippen LogP contribution in [0.5, 0.6) is 0 Å². The molecular formula is C19H34N2OS. The van der Waals surface area contributed by atoms with E-state index in [2.05, 4.69) is 41.9 Å². The second-order valence-corrected chi connectivity index (χ2v) is 6.70. The lowest BCUT2D eigenvalue weighted by Crippen LogP contribution is -1.85. The van der Waals surface area contributed by atoms with E-state index in [4.69, 9.17) is 4.42 Å². The summed E-state index contributed by atoms with van der Waals surface area (Å²) in [5.41, 5.74) is 0. The Kier molecular flexibility index (Phi) is 13.0. The van der Waals surface area contributed by atoms with Gasteiger partial charge in [0.15, 0.2) is 0 Å². The fourth-order valence-electron chi connectivity index (χ4n) is 2.69. The van der Waals surface area contributed by atoms with Gasteiger partial charge in [0, 0.05) is 6.42 Å². The van der Waals surface area contributed by atoms with Crippen LogP contribution in [0.15, 0.2) is 21.8 Å². The van der Waals surface area contributed by atoms with Crippen LogP contribution in [0.2, 0.25) is 0 Å². The number of aryl methyl sites for hydroxylation is 1. The van der Waals surface area contributed by atoms with E-state index in [1.54, 1.807) is 0 Å². The van der Waals surface area contributed by atoms with E-state index >= 15 is 0 Å². The first-order valence-corrected chi connectivity index (χ1v) is 9.94. The van der Waals surface area contributed by atoms with Crippen LogP contribution in [0.25, 0.3) is 0 Å². The molecule has 0 spiro atoms. The summed E-state index contributed by atoms with van der Waals surface area (Å²) < 4.78 is 5.23. The zero-order valence-corrected chi connectivity index (χ0v) is 15.7. The van der Waals surface area contributed by atoms with Gasteiger partial charge in [-0.15, -0.1) is 10.2 Å². The number of aromatic nitrogens is 2. The molecule has 0 atom stereocenters. The molecule has 0 bridgehead atoms. The molecule has 0 radical (unpaired) electrons. The van der Waals surface area contributed by atoms with Gasteiger partial charge in [-0.25, -0.2) is 0 Å². The molecule has 23 heavy (non-hydrogen) atoms. The number of unbranched alkanes of at least 4 members (excludes halogenated alkanes) is 11. The zero-order chi connectivity index (χ0) is 16.6. The number of allylic oxidation sites excluding steroid dienone is 2. The van der Waals surface area contributed by atoms with Crippen LogP contribution in [-0.2, 0) is 6.42 Å². The Bertz CT molecular complexity index is 404. The average molecular weight is 339 g/mol. The van der Waals surface area contributed by atoms with Crippen LogP contribution in [0, 0.1) is 0 Å². The molecule has 1 heterocycles. The lowest BCUT2D eigenvalue weighted by molar-refractivity contribution is 0.409. The van der Waals surface area contributed by atoms with Crippen molar-refractivity contribution >= 4 is 12.6 Å². The van der Waals surface area contributed by atoms with Crippen molar-refractivity contribution in [3.05, 3.63) is 18.0 Å². The van der Waals surface area contributed by atoms with Crippen molar-refractivity contribution in [2.75, 3.05) is 0 Å². The third kappa shape index (κ3) is 12.3. The number of hydrogen-bond donors (Lipinski definition) is 1. The minimum Gasteiger partial charge on any atom is -0.416 e. The van der Waals surface area contributed by atoms with Crippen LogP contribution in [0.3, 0.4) is 0 Å². The van der Waals surface area contributed by atoms with Gasteiger partial charge < -0.3 is 4.42 Å². The van der Waals surface area contributed by atoms with Gasteiger partial charge in [0.1, 0.15) is 0 Å². The Labute approximate surface area is 147 Å². The van der Waals surface area contributed by atoms with Gasteiger partial charge in [-0.1, -0.05) is 83.1 Å². The first-order valence-electron chi connectivity index (χ1n) is 9.49. The topological polar surface area (TPSA) is 38.9 Å². The maximum absolute atomic E-state index is 5.23. The van der Waals surface area contributed by atoms with Crippen molar-refractivity contribution in [3.8, 4) is 0 Å². The summed E-state index contributed by atoms with van der Waals surface area (Å²) in [5, 5.41) is 8.01. The van der Waals surface area contributed by atoms with Gasteiger partial charge in [0.25, 0.3) is 5.22 Å². The molecule has 0 amide bonds. The van der Waals surface area contributed by atoms with E-state index in [1.807, 2.05) is 0 Å². The summed E-state index contributed by atoms with van der Waals surface area (Å²) in [4.78, 5) is 0. The van der Waals surface area contributed by atoms with Crippen LogP contribution in [-0.4, -0.2) is 10.2 Å². The molecule has 0 aliphatic heterocycles. The molecule has 4 heteroatoms. The first-order chi connectivity index (χ1) is 11.3. The summed E-state index contributed by atoms with van der Waals surface area (Å²) in [6.07, 6.45) is 22.8. The summed E-state index contributed by atoms with van der Waals surface area (Å²) >= 11 is 4.00. The molecular weight excluding hydrogens is 304 g/mol. The molecule has 0 aliphatic carbocycles. The fourth-order valence-corrected chi connectivity index (χ4v) is 2.84. The van der Waals surface area contributed by atoms with Crippen molar-refractivity contribution in [1.29, 1.82) is 0 Å². The smallest absolute Gasteiger partial charge is 0.273 e. The Morgan fingerprint density at radius 3 is 1.91 bits per heavy atom. The number of thiol groups is 1. The lowest BCUT2D eigenvalue weighted by Gasteiger charge is -2.00. The van der Waals surface area contributed by atoms with Gasteiger partial charge in [-0.2, -0.15) is 0 Å². The maximum Gasteiger partial charge on any atom is 0.273 e. The molecule has 1 rings (SSSR count). The fraction of sp³-hybridized carbons (Fsp3) is 0.789. The van der Waals surface area contributed by atoms with Crippen molar-refractivity contribution in [2.45, 2.75) is 102 Å². The summed E-state index contributed by atoms with van der Waals surface area (Å²) in [6, 6.07) is 0. The highest BCUT2D eigenvalue weighted by molar-refractivity contribution is 7.80. The van der Waals surface area contributed by atoms with Gasteiger partial charge in [0.2, 0.25) is 5.89 Å². The minimum absolute atomic E-state index is 0.362. The highest BCUT2D eigenvalue weighted by Crippen LogP contribution is 2.11. The van der Waals surface area contributed by atoms with Crippen molar-refractivity contribution < 1.29 is 4.42 Å². The Balaban J connectivity index is 1.78. The predicted octanol–water partition coefficient (Wildman–Crippen LogP) is 6.55. The van der Waals surface area contributed by atoms with E-state index in [0.717, 1.165) is 19.3 Å². The third-order valence-corrected chi connectivity index (χ3v) is 4.29. The first kappa shape index (κ1) is 20.3. The molecule has 0 N–H and O–H groups in total. The van der Waals surface area contributed by atoms with E-state index in [9.17, 15) is 0 Å². The largest absolute Gasteiger partial charge is 0.416 e. The van der Waals surface area contributed by atoms with E-state index < -0.39 is 0 Å². The van der Waals surface area contributed by atoms with Gasteiger partial charge in [-0.3, -0.25) is 0 Å². The normalized spacial score (nSPS) is 11.6. The van der Waals surface area contributed by atoms with E-state index in [-0.39, 0.29) is 0 Å². The van der Waals surface area contributed by atoms with Crippen molar-refractivity contribution in [1.82, 2.24) is 10.2 Å². The zero-order valence-electron chi connectivity index (χ0n) is 14.8. The monoisotopic (exact) mass is 338 g/mol. The number of rotatable bonds is 15. The average Bonchev–Trinajstić information content (AvgIpc) is 2.96. The van der Waals surface area contributed by atoms with Crippen LogP contribution >= 0.6 is 12.6 Å². The SMILES string of the molecule is CCCCCCCCCCCC=CCCCCc1nnc(S)o1. The molecule has 1 aromatic heterocycles.